The minimum atomic E-state index is -3.56. The van der Waals surface area contributed by atoms with Gasteiger partial charge in [-0.15, -0.1) is 0 Å². The fourth-order valence-corrected chi connectivity index (χ4v) is 6.09. The van der Waals surface area contributed by atoms with E-state index in [4.69, 9.17) is 4.74 Å². The van der Waals surface area contributed by atoms with Gasteiger partial charge in [0.1, 0.15) is 0 Å². The molecule has 3 rings (SSSR count). The second-order valence-corrected chi connectivity index (χ2v) is 10.4. The summed E-state index contributed by atoms with van der Waals surface area (Å²) in [5.74, 6) is 0. The molecule has 2 atom stereocenters. The first-order valence-electron chi connectivity index (χ1n) is 11.4. The summed E-state index contributed by atoms with van der Waals surface area (Å²) in [5.41, 5.74) is 1.07. The van der Waals surface area contributed by atoms with Gasteiger partial charge in [-0.1, -0.05) is 68.4 Å². The van der Waals surface area contributed by atoms with Crippen LogP contribution in [0.15, 0.2) is 41.3 Å². The number of benzene rings is 1. The summed E-state index contributed by atoms with van der Waals surface area (Å²) in [6.45, 7) is 3.16. The van der Waals surface area contributed by atoms with Gasteiger partial charge < -0.3 is 4.74 Å². The summed E-state index contributed by atoms with van der Waals surface area (Å²) in [5, 5.41) is 0. The van der Waals surface area contributed by atoms with Gasteiger partial charge in [0.25, 0.3) is 0 Å². The van der Waals surface area contributed by atoms with E-state index in [-0.39, 0.29) is 12.1 Å². The van der Waals surface area contributed by atoms with Crippen LogP contribution in [0, 0.1) is 6.92 Å². The number of rotatable bonds is 2. The van der Waals surface area contributed by atoms with Gasteiger partial charge in [-0.3, -0.25) is 0 Å². The lowest BCUT2D eigenvalue weighted by Crippen LogP contribution is -2.49. The Balaban J connectivity index is 1.86. The van der Waals surface area contributed by atoms with Crippen LogP contribution in [-0.4, -0.2) is 38.0 Å². The van der Waals surface area contributed by atoms with Crippen LogP contribution >= 0.6 is 0 Å². The molecular weight excluding hydrogens is 382 g/mol. The molecule has 162 valence electrons. The molecule has 0 aromatic heterocycles. The molecule has 0 spiro atoms. The van der Waals surface area contributed by atoms with Gasteiger partial charge in [0.05, 0.1) is 17.0 Å². The zero-order valence-electron chi connectivity index (χ0n) is 17.9. The quantitative estimate of drug-likeness (QED) is 0.585. The largest absolute Gasteiger partial charge is 0.377 e. The van der Waals surface area contributed by atoms with Crippen molar-refractivity contribution in [2.24, 2.45) is 0 Å². The van der Waals surface area contributed by atoms with E-state index in [9.17, 15) is 8.42 Å². The highest BCUT2D eigenvalue weighted by atomic mass is 32.2. The molecule has 0 N–H and O–H groups in total. The van der Waals surface area contributed by atoms with Crippen molar-refractivity contribution in [3.8, 4) is 0 Å². The van der Waals surface area contributed by atoms with Crippen molar-refractivity contribution in [1.82, 2.24) is 4.31 Å². The first-order chi connectivity index (χ1) is 14.1. The fourth-order valence-electron chi connectivity index (χ4n) is 4.46. The van der Waals surface area contributed by atoms with Crippen LogP contribution in [0.5, 0.6) is 0 Å². The average molecular weight is 420 g/mol. The smallest absolute Gasteiger partial charge is 0.243 e. The number of nitrogens with zero attached hydrogens (tertiary/aromatic N) is 1. The Kier molecular flexibility index (Phi) is 8.76. The number of ether oxygens (including phenoxy) is 1. The van der Waals surface area contributed by atoms with Crippen molar-refractivity contribution in [2.75, 3.05) is 13.2 Å². The maximum absolute atomic E-state index is 13.6. The van der Waals surface area contributed by atoms with Crippen LogP contribution in [0.1, 0.15) is 76.2 Å². The van der Waals surface area contributed by atoms with Gasteiger partial charge in [0.15, 0.2) is 0 Å². The van der Waals surface area contributed by atoms with E-state index >= 15 is 0 Å². The summed E-state index contributed by atoms with van der Waals surface area (Å²) in [4.78, 5) is 0.388. The van der Waals surface area contributed by atoms with Crippen LogP contribution in [-0.2, 0) is 14.8 Å². The number of sulfonamides is 1. The summed E-state index contributed by atoms with van der Waals surface area (Å²) in [6, 6.07) is 7.16. The predicted octanol–water partition coefficient (Wildman–Crippen LogP) is 5.61. The molecule has 29 heavy (non-hydrogen) atoms. The van der Waals surface area contributed by atoms with Crippen molar-refractivity contribution in [2.45, 2.75) is 94.6 Å². The third kappa shape index (κ3) is 6.40. The third-order valence-electron chi connectivity index (χ3n) is 6.21. The van der Waals surface area contributed by atoms with E-state index in [0.717, 1.165) is 50.7 Å². The van der Waals surface area contributed by atoms with E-state index in [0.29, 0.717) is 11.4 Å². The summed E-state index contributed by atoms with van der Waals surface area (Å²) < 4.78 is 35.2. The molecule has 0 amide bonds. The maximum atomic E-state index is 13.6. The molecule has 1 heterocycles. The highest BCUT2D eigenvalue weighted by Gasteiger charge is 2.37. The normalized spacial score (nSPS) is 27.3. The highest BCUT2D eigenvalue weighted by Crippen LogP contribution is 2.30. The van der Waals surface area contributed by atoms with E-state index in [2.05, 4.69) is 12.2 Å². The minimum Gasteiger partial charge on any atom is -0.377 e. The molecule has 0 unspecified atom stereocenters. The van der Waals surface area contributed by atoms with Crippen molar-refractivity contribution in [3.05, 3.63) is 42.0 Å². The molecule has 1 fully saturated rings. The Morgan fingerprint density at radius 3 is 2.34 bits per heavy atom. The monoisotopic (exact) mass is 419 g/mol. The second kappa shape index (κ2) is 11.3. The van der Waals surface area contributed by atoms with Gasteiger partial charge in [-0.25, -0.2) is 8.42 Å². The lowest BCUT2D eigenvalue weighted by molar-refractivity contribution is -0.0150. The second-order valence-electron chi connectivity index (χ2n) is 8.53. The van der Waals surface area contributed by atoms with Crippen molar-refractivity contribution in [3.63, 3.8) is 0 Å². The van der Waals surface area contributed by atoms with Crippen LogP contribution in [0.3, 0.4) is 0 Å². The molecule has 2 aliphatic rings. The first kappa shape index (κ1) is 22.5. The third-order valence-corrected chi connectivity index (χ3v) is 8.12. The summed E-state index contributed by atoms with van der Waals surface area (Å²) in [7, 11) is -3.56. The van der Waals surface area contributed by atoms with Crippen LogP contribution in [0.4, 0.5) is 0 Å². The Labute approximate surface area is 177 Å². The van der Waals surface area contributed by atoms with E-state index in [1.54, 1.807) is 16.4 Å². The summed E-state index contributed by atoms with van der Waals surface area (Å²) >= 11 is 0. The molecule has 0 saturated heterocycles. The number of fused-ring (bicyclic) bond motifs is 1. The molecule has 1 aromatic rings. The van der Waals surface area contributed by atoms with Crippen molar-refractivity contribution < 1.29 is 13.2 Å². The van der Waals surface area contributed by atoms with Gasteiger partial charge in [-0.05, 0) is 51.2 Å². The Hall–Kier alpha value is -1.17. The van der Waals surface area contributed by atoms with E-state index < -0.39 is 10.0 Å². The number of hydrogen-bond donors (Lipinski definition) is 0. The Morgan fingerprint density at radius 2 is 1.55 bits per heavy atom. The molecule has 1 aromatic carbocycles. The van der Waals surface area contributed by atoms with Gasteiger partial charge in [0.2, 0.25) is 10.0 Å². The van der Waals surface area contributed by atoms with Crippen molar-refractivity contribution >= 4 is 10.0 Å². The number of aryl methyl sites for hydroxylation is 1. The van der Waals surface area contributed by atoms with Crippen LogP contribution in [0.25, 0.3) is 0 Å². The molecule has 1 saturated carbocycles. The highest BCUT2D eigenvalue weighted by molar-refractivity contribution is 7.89. The molecule has 0 radical (unpaired) electrons. The SMILES string of the molecule is Cc1ccc(S(=O)(=O)N2C/C=C\CCCCCCCCO[C@@H]3CCCC[C@H]32)cc1. The fraction of sp³-hybridized carbons (Fsp3) is 0.667. The van der Waals surface area contributed by atoms with Gasteiger partial charge in [-0.2, -0.15) is 4.31 Å². The Bertz CT molecular complexity index is 742. The Morgan fingerprint density at radius 1 is 0.862 bits per heavy atom. The topological polar surface area (TPSA) is 46.6 Å². The van der Waals surface area contributed by atoms with Gasteiger partial charge in [0, 0.05) is 13.2 Å². The minimum absolute atomic E-state index is 0.00232. The number of hydrogen-bond acceptors (Lipinski definition) is 3. The number of allylic oxidation sites excluding steroid dienone is 1. The van der Waals surface area contributed by atoms with Gasteiger partial charge >= 0.3 is 0 Å². The molecular formula is C24H37NO3S. The summed E-state index contributed by atoms with van der Waals surface area (Å²) in [6.07, 6.45) is 16.5. The zero-order chi connectivity index (χ0) is 20.5. The van der Waals surface area contributed by atoms with Crippen LogP contribution in [0.2, 0.25) is 0 Å². The van der Waals surface area contributed by atoms with E-state index in [1.807, 2.05) is 19.1 Å². The lowest BCUT2D eigenvalue weighted by atomic mass is 9.92. The first-order valence-corrected chi connectivity index (χ1v) is 12.9. The molecule has 1 aliphatic heterocycles. The molecule has 4 nitrogen and oxygen atoms in total. The van der Waals surface area contributed by atoms with Crippen molar-refractivity contribution in [1.29, 1.82) is 0 Å². The van der Waals surface area contributed by atoms with E-state index in [1.165, 1.54) is 32.1 Å². The zero-order valence-corrected chi connectivity index (χ0v) is 18.7. The predicted molar refractivity (Wildman–Crippen MR) is 119 cm³/mol. The standard InChI is InChI=1S/C24H37NO3S/c1-21-15-17-22(18-16-21)29(26,27)25-19-11-7-5-3-2-4-6-8-12-20-28-24-14-10-9-13-23(24)25/h7,11,15-18,23-24H,2-6,8-10,12-14,19-20H2,1H3/b11-7-/t23-,24-/m1/s1. The molecule has 0 bridgehead atoms. The lowest BCUT2D eigenvalue weighted by Gasteiger charge is -2.38. The molecule has 5 heteroatoms. The maximum Gasteiger partial charge on any atom is 0.243 e. The molecule has 1 aliphatic carbocycles. The average Bonchev–Trinajstić information content (AvgIpc) is 2.72. The van der Waals surface area contributed by atoms with Crippen LogP contribution < -0.4 is 0 Å².